The van der Waals surface area contributed by atoms with Crippen LogP contribution in [0.25, 0.3) is 0 Å². The predicted molar refractivity (Wildman–Crippen MR) is 88.6 cm³/mol. The fraction of sp³-hybridized carbons (Fsp3) is 0.353. The second-order valence-corrected chi connectivity index (χ2v) is 5.80. The Balaban J connectivity index is 1.68. The molecule has 2 heterocycles. The van der Waals surface area contributed by atoms with Gasteiger partial charge in [-0.15, -0.1) is 0 Å². The van der Waals surface area contributed by atoms with E-state index in [1.165, 1.54) is 0 Å². The highest BCUT2D eigenvalue weighted by molar-refractivity contribution is 5.79. The molecule has 0 spiro atoms. The molecule has 1 amide bonds. The van der Waals surface area contributed by atoms with Crippen molar-refractivity contribution in [2.45, 2.75) is 13.0 Å². The highest BCUT2D eigenvalue weighted by Crippen LogP contribution is 2.36. The number of hydrogen-bond donors (Lipinski definition) is 1. The monoisotopic (exact) mass is 328 g/mol. The molecule has 0 saturated carbocycles. The molecule has 2 N–H and O–H groups in total. The number of nitrogen functional groups attached to an aromatic ring is 1. The van der Waals surface area contributed by atoms with Crippen molar-refractivity contribution in [2.24, 2.45) is 5.92 Å². The van der Waals surface area contributed by atoms with Crippen LogP contribution < -0.4 is 15.2 Å². The maximum atomic E-state index is 12.7. The first-order valence-corrected chi connectivity index (χ1v) is 7.68. The molecule has 7 heteroatoms. The van der Waals surface area contributed by atoms with Gasteiger partial charge in [-0.2, -0.15) is 0 Å². The van der Waals surface area contributed by atoms with Crippen LogP contribution in [-0.4, -0.2) is 41.5 Å². The molecule has 1 aromatic heterocycles. The lowest BCUT2D eigenvalue weighted by Crippen LogP contribution is -2.38. The first-order chi connectivity index (χ1) is 11.6. The summed E-state index contributed by atoms with van der Waals surface area (Å²) in [6.07, 6.45) is 3.89. The van der Waals surface area contributed by atoms with Crippen LogP contribution in [0.15, 0.2) is 30.6 Å². The number of amides is 1. The van der Waals surface area contributed by atoms with Crippen molar-refractivity contribution in [3.63, 3.8) is 0 Å². The van der Waals surface area contributed by atoms with Gasteiger partial charge in [0.15, 0.2) is 11.5 Å². The van der Waals surface area contributed by atoms with Crippen LogP contribution in [0.4, 0.5) is 5.95 Å². The number of aromatic nitrogens is 2. The Morgan fingerprint density at radius 3 is 2.88 bits per heavy atom. The molecule has 2 aromatic rings. The minimum atomic E-state index is -0.218. The molecule has 0 bridgehead atoms. The van der Waals surface area contributed by atoms with E-state index in [9.17, 15) is 4.79 Å². The number of ether oxygens (including phenoxy) is 2. The van der Waals surface area contributed by atoms with Crippen molar-refractivity contribution in [2.75, 3.05) is 26.5 Å². The molecule has 1 aliphatic heterocycles. The zero-order valence-electron chi connectivity index (χ0n) is 13.7. The van der Waals surface area contributed by atoms with Gasteiger partial charge in [-0.1, -0.05) is 12.1 Å². The number of benzene rings is 1. The quantitative estimate of drug-likeness (QED) is 0.909. The summed E-state index contributed by atoms with van der Waals surface area (Å²) in [5, 5.41) is 0. The van der Waals surface area contributed by atoms with Crippen molar-refractivity contribution in [3.05, 3.63) is 41.7 Å². The van der Waals surface area contributed by atoms with Gasteiger partial charge in [0, 0.05) is 31.5 Å². The zero-order valence-corrected chi connectivity index (χ0v) is 13.7. The Labute approximate surface area is 140 Å². The van der Waals surface area contributed by atoms with E-state index in [1.807, 2.05) is 18.2 Å². The van der Waals surface area contributed by atoms with Crippen LogP contribution >= 0.6 is 0 Å². The molecule has 1 aromatic carbocycles. The number of hydrogen-bond acceptors (Lipinski definition) is 6. The number of carbonyl (C=O) groups excluding carboxylic acids is 1. The molecular formula is C17H20N4O3. The van der Waals surface area contributed by atoms with Crippen LogP contribution in [0.2, 0.25) is 0 Å². The van der Waals surface area contributed by atoms with E-state index in [0.29, 0.717) is 25.3 Å². The largest absolute Gasteiger partial charge is 0.493 e. The van der Waals surface area contributed by atoms with Crippen molar-refractivity contribution < 1.29 is 14.3 Å². The third-order valence-electron chi connectivity index (χ3n) is 4.05. The molecule has 3 rings (SSSR count). The van der Waals surface area contributed by atoms with Crippen molar-refractivity contribution in [3.8, 4) is 11.5 Å². The fourth-order valence-corrected chi connectivity index (χ4v) is 2.82. The summed E-state index contributed by atoms with van der Waals surface area (Å²) in [5.41, 5.74) is 7.29. The summed E-state index contributed by atoms with van der Waals surface area (Å²) < 4.78 is 11.1. The van der Waals surface area contributed by atoms with Gasteiger partial charge in [0.1, 0.15) is 6.61 Å². The molecule has 1 atom stereocenters. The second-order valence-electron chi connectivity index (χ2n) is 5.80. The number of nitrogens with two attached hydrogens (primary N) is 1. The average molecular weight is 328 g/mol. The molecule has 126 valence electrons. The smallest absolute Gasteiger partial charge is 0.229 e. The highest BCUT2D eigenvalue weighted by Gasteiger charge is 2.29. The van der Waals surface area contributed by atoms with Crippen molar-refractivity contribution in [1.29, 1.82) is 0 Å². The van der Waals surface area contributed by atoms with E-state index < -0.39 is 0 Å². The Morgan fingerprint density at radius 1 is 1.42 bits per heavy atom. The first-order valence-electron chi connectivity index (χ1n) is 7.68. The highest BCUT2D eigenvalue weighted by atomic mass is 16.5. The van der Waals surface area contributed by atoms with Gasteiger partial charge >= 0.3 is 0 Å². The zero-order chi connectivity index (χ0) is 17.1. The van der Waals surface area contributed by atoms with E-state index in [0.717, 1.165) is 16.9 Å². The maximum absolute atomic E-state index is 12.7. The Morgan fingerprint density at radius 2 is 2.17 bits per heavy atom. The van der Waals surface area contributed by atoms with E-state index in [4.69, 9.17) is 15.2 Å². The van der Waals surface area contributed by atoms with Gasteiger partial charge in [-0.25, -0.2) is 9.97 Å². The van der Waals surface area contributed by atoms with E-state index >= 15 is 0 Å². The number of para-hydroxylation sites is 1. The Bertz CT molecular complexity index is 733. The molecule has 0 fully saturated rings. The summed E-state index contributed by atoms with van der Waals surface area (Å²) in [7, 11) is 3.37. The van der Waals surface area contributed by atoms with Gasteiger partial charge in [0.25, 0.3) is 0 Å². The summed E-state index contributed by atoms with van der Waals surface area (Å²) in [6.45, 7) is 0.773. The molecule has 1 unspecified atom stereocenters. The number of carbonyl (C=O) groups is 1. The lowest BCUT2D eigenvalue weighted by atomic mass is 9.95. The summed E-state index contributed by atoms with van der Waals surface area (Å²) >= 11 is 0. The third kappa shape index (κ3) is 3.24. The van der Waals surface area contributed by atoms with Gasteiger partial charge in [0.05, 0.1) is 13.0 Å². The fourth-order valence-electron chi connectivity index (χ4n) is 2.82. The lowest BCUT2D eigenvalue weighted by molar-refractivity contribution is -0.136. The Kier molecular flexibility index (Phi) is 4.50. The summed E-state index contributed by atoms with van der Waals surface area (Å²) in [5.74, 6) is 1.47. The van der Waals surface area contributed by atoms with Gasteiger partial charge in [-0.3, -0.25) is 4.79 Å². The minimum Gasteiger partial charge on any atom is -0.493 e. The second kappa shape index (κ2) is 6.74. The molecule has 0 saturated heterocycles. The molecule has 0 radical (unpaired) electrons. The SMILES string of the molecule is COc1cccc2c1OCC(C(=O)N(C)Cc1cnc(N)nc1)C2. The Hall–Kier alpha value is -2.83. The summed E-state index contributed by atoms with van der Waals surface area (Å²) in [4.78, 5) is 22.2. The molecule has 0 aliphatic carbocycles. The standard InChI is InChI=1S/C17H20N4O3/c1-21(9-11-7-19-17(18)20-8-11)16(22)13-6-12-4-3-5-14(23-2)15(12)24-10-13/h3-5,7-8,13H,6,9-10H2,1-2H3,(H2,18,19,20). The van der Waals surface area contributed by atoms with Crippen LogP contribution in [-0.2, 0) is 17.8 Å². The van der Waals surface area contributed by atoms with Crippen molar-refractivity contribution >= 4 is 11.9 Å². The number of methoxy groups -OCH3 is 1. The van der Waals surface area contributed by atoms with Crippen LogP contribution in [0.5, 0.6) is 11.5 Å². The van der Waals surface area contributed by atoms with Gasteiger partial charge < -0.3 is 20.1 Å². The third-order valence-corrected chi connectivity index (χ3v) is 4.05. The van der Waals surface area contributed by atoms with Crippen LogP contribution in [0.1, 0.15) is 11.1 Å². The summed E-state index contributed by atoms with van der Waals surface area (Å²) in [6, 6.07) is 5.72. The van der Waals surface area contributed by atoms with Gasteiger partial charge in [-0.05, 0) is 18.1 Å². The van der Waals surface area contributed by atoms with E-state index in [1.54, 1.807) is 31.5 Å². The number of rotatable bonds is 4. The van der Waals surface area contributed by atoms with Crippen LogP contribution in [0, 0.1) is 5.92 Å². The van der Waals surface area contributed by atoms with E-state index in [-0.39, 0.29) is 17.8 Å². The molecule has 24 heavy (non-hydrogen) atoms. The maximum Gasteiger partial charge on any atom is 0.229 e. The molecular weight excluding hydrogens is 308 g/mol. The molecule has 7 nitrogen and oxygen atoms in total. The van der Waals surface area contributed by atoms with Crippen molar-refractivity contribution in [1.82, 2.24) is 14.9 Å². The predicted octanol–water partition coefficient (Wildman–Crippen LogP) is 1.28. The van der Waals surface area contributed by atoms with E-state index in [2.05, 4.69) is 9.97 Å². The molecule has 1 aliphatic rings. The lowest BCUT2D eigenvalue weighted by Gasteiger charge is -2.29. The number of anilines is 1. The number of fused-ring (bicyclic) bond motifs is 1. The normalized spacial score (nSPS) is 16.0. The van der Waals surface area contributed by atoms with Gasteiger partial charge in [0.2, 0.25) is 11.9 Å². The van der Waals surface area contributed by atoms with Crippen LogP contribution in [0.3, 0.4) is 0 Å². The average Bonchev–Trinajstić information content (AvgIpc) is 2.61. The first kappa shape index (κ1) is 16.0. The minimum absolute atomic E-state index is 0.0281. The topological polar surface area (TPSA) is 90.6 Å². The number of nitrogens with zero attached hydrogens (tertiary/aromatic N) is 3.